The second kappa shape index (κ2) is 8.54. The maximum Gasteiger partial charge on any atom is 0.272 e. The van der Waals surface area contributed by atoms with E-state index in [-0.39, 0.29) is 34.6 Å². The van der Waals surface area contributed by atoms with Gasteiger partial charge in [-0.2, -0.15) is 0 Å². The maximum atomic E-state index is 13.8. The molecule has 2 aliphatic carbocycles. The van der Waals surface area contributed by atoms with Gasteiger partial charge in [-0.25, -0.2) is 4.98 Å². The molecule has 182 valence electrons. The summed E-state index contributed by atoms with van der Waals surface area (Å²) in [7, 11) is 0. The van der Waals surface area contributed by atoms with Crippen LogP contribution in [-0.4, -0.2) is 38.9 Å². The van der Waals surface area contributed by atoms with Gasteiger partial charge in [-0.1, -0.05) is 70.9 Å². The molecule has 5 rings (SSSR count). The molecular weight excluding hydrogens is 424 g/mol. The van der Waals surface area contributed by atoms with E-state index in [9.17, 15) is 9.59 Å². The Morgan fingerprint density at radius 3 is 2.38 bits per heavy atom. The Labute approximate surface area is 203 Å². The third kappa shape index (κ3) is 4.27. The van der Waals surface area contributed by atoms with E-state index < -0.39 is 0 Å². The van der Waals surface area contributed by atoms with Gasteiger partial charge in [-0.3, -0.25) is 9.59 Å². The molecule has 6 heteroatoms. The number of nitrogens with zero attached hydrogens (tertiary/aromatic N) is 3. The largest absolute Gasteiger partial charge is 0.347 e. The van der Waals surface area contributed by atoms with Gasteiger partial charge in [0.1, 0.15) is 5.82 Å². The molecular formula is C28H38N4O2. The molecule has 2 amide bonds. The van der Waals surface area contributed by atoms with Crippen LogP contribution in [0.5, 0.6) is 0 Å². The SMILES string of the molecule is CC(C)(C)C(NC(=O)c1nc(-c2ccccc2)n2c1CN(C(=O)C1CC1)CC2)C1(C)CCCC1. The van der Waals surface area contributed by atoms with E-state index in [0.717, 1.165) is 42.8 Å². The Kier molecular flexibility index (Phi) is 5.81. The van der Waals surface area contributed by atoms with Crippen molar-refractivity contribution < 1.29 is 9.59 Å². The molecule has 34 heavy (non-hydrogen) atoms. The van der Waals surface area contributed by atoms with Gasteiger partial charge in [0.05, 0.1) is 12.2 Å². The van der Waals surface area contributed by atoms with Crippen LogP contribution < -0.4 is 5.32 Å². The van der Waals surface area contributed by atoms with E-state index in [2.05, 4.69) is 37.6 Å². The lowest BCUT2D eigenvalue weighted by Crippen LogP contribution is -2.53. The summed E-state index contributed by atoms with van der Waals surface area (Å²) in [6.45, 7) is 10.8. The Balaban J connectivity index is 1.50. The minimum atomic E-state index is -0.111. The Hall–Kier alpha value is -2.63. The van der Waals surface area contributed by atoms with E-state index in [0.29, 0.717) is 25.3 Å². The summed E-state index contributed by atoms with van der Waals surface area (Å²) in [5.74, 6) is 1.11. The summed E-state index contributed by atoms with van der Waals surface area (Å²) in [6.07, 6.45) is 6.68. The van der Waals surface area contributed by atoms with Crippen LogP contribution >= 0.6 is 0 Å². The molecule has 0 radical (unpaired) electrons. The molecule has 1 aliphatic heterocycles. The van der Waals surface area contributed by atoms with Crippen molar-refractivity contribution in [3.8, 4) is 11.4 Å². The number of rotatable bonds is 5. The van der Waals surface area contributed by atoms with E-state index in [4.69, 9.17) is 4.98 Å². The molecule has 0 spiro atoms. The van der Waals surface area contributed by atoms with Gasteiger partial charge < -0.3 is 14.8 Å². The Morgan fingerprint density at radius 2 is 1.76 bits per heavy atom. The molecule has 2 saturated carbocycles. The molecule has 1 aromatic carbocycles. The zero-order valence-corrected chi connectivity index (χ0v) is 21.1. The van der Waals surface area contributed by atoms with E-state index in [1.54, 1.807) is 0 Å². The van der Waals surface area contributed by atoms with Gasteiger partial charge in [-0.15, -0.1) is 0 Å². The lowest BCUT2D eigenvalue weighted by Gasteiger charge is -2.43. The molecule has 2 aromatic rings. The van der Waals surface area contributed by atoms with Crippen molar-refractivity contribution in [3.63, 3.8) is 0 Å². The summed E-state index contributed by atoms with van der Waals surface area (Å²) < 4.78 is 2.16. The number of carbonyl (C=O) groups is 2. The topological polar surface area (TPSA) is 67.2 Å². The lowest BCUT2D eigenvalue weighted by atomic mass is 9.68. The van der Waals surface area contributed by atoms with E-state index >= 15 is 0 Å². The van der Waals surface area contributed by atoms with Crippen LogP contribution in [0.1, 0.15) is 82.4 Å². The molecule has 3 aliphatic rings. The third-order valence-electron chi connectivity index (χ3n) is 8.08. The van der Waals surface area contributed by atoms with Gasteiger partial charge in [-0.05, 0) is 36.5 Å². The van der Waals surface area contributed by atoms with Crippen LogP contribution in [-0.2, 0) is 17.9 Å². The summed E-state index contributed by atoms with van der Waals surface area (Å²) in [5, 5.41) is 3.43. The van der Waals surface area contributed by atoms with Crippen LogP contribution in [0.4, 0.5) is 0 Å². The van der Waals surface area contributed by atoms with E-state index in [1.807, 2.05) is 35.2 Å². The monoisotopic (exact) mass is 462 g/mol. The van der Waals surface area contributed by atoms with Crippen LogP contribution in [0.15, 0.2) is 30.3 Å². The molecule has 1 N–H and O–H groups in total. The fraction of sp³-hybridized carbons (Fsp3) is 0.607. The lowest BCUT2D eigenvalue weighted by molar-refractivity contribution is -0.134. The van der Waals surface area contributed by atoms with Crippen LogP contribution in [0.3, 0.4) is 0 Å². The van der Waals surface area contributed by atoms with Gasteiger partial charge >= 0.3 is 0 Å². The summed E-state index contributed by atoms with van der Waals surface area (Å²) in [6, 6.07) is 10.1. The number of amides is 2. The fourth-order valence-corrected chi connectivity index (χ4v) is 6.24. The molecule has 0 bridgehead atoms. The first-order valence-corrected chi connectivity index (χ1v) is 12.9. The normalized spacial score (nSPS) is 20.6. The minimum absolute atomic E-state index is 0.0558. The highest BCUT2D eigenvalue weighted by atomic mass is 16.2. The Morgan fingerprint density at radius 1 is 1.09 bits per heavy atom. The first kappa shape index (κ1) is 23.1. The van der Waals surface area contributed by atoms with Crippen LogP contribution in [0.25, 0.3) is 11.4 Å². The zero-order valence-electron chi connectivity index (χ0n) is 21.1. The average molecular weight is 463 g/mol. The van der Waals surface area contributed by atoms with Gasteiger partial charge in [0.15, 0.2) is 5.69 Å². The van der Waals surface area contributed by atoms with Crippen LogP contribution in [0, 0.1) is 16.7 Å². The molecule has 2 fully saturated rings. The quantitative estimate of drug-likeness (QED) is 0.678. The molecule has 2 heterocycles. The first-order chi connectivity index (χ1) is 16.2. The number of imidazole rings is 1. The van der Waals surface area contributed by atoms with Gasteiger partial charge in [0, 0.05) is 30.6 Å². The number of hydrogen-bond donors (Lipinski definition) is 1. The highest BCUT2D eigenvalue weighted by Crippen LogP contribution is 2.46. The number of aromatic nitrogens is 2. The van der Waals surface area contributed by atoms with Crippen molar-refractivity contribution >= 4 is 11.8 Å². The van der Waals surface area contributed by atoms with Crippen molar-refractivity contribution in [1.82, 2.24) is 19.8 Å². The predicted molar refractivity (Wildman–Crippen MR) is 133 cm³/mol. The number of hydrogen-bond acceptors (Lipinski definition) is 3. The van der Waals surface area contributed by atoms with Crippen molar-refractivity contribution in [2.24, 2.45) is 16.7 Å². The second-order valence-corrected chi connectivity index (χ2v) is 11.9. The fourth-order valence-electron chi connectivity index (χ4n) is 6.24. The van der Waals surface area contributed by atoms with Crippen LogP contribution in [0.2, 0.25) is 0 Å². The van der Waals surface area contributed by atoms with Crippen molar-refractivity contribution in [2.45, 2.75) is 85.4 Å². The van der Waals surface area contributed by atoms with E-state index in [1.165, 1.54) is 12.8 Å². The van der Waals surface area contributed by atoms with Gasteiger partial charge in [0.25, 0.3) is 5.91 Å². The first-order valence-electron chi connectivity index (χ1n) is 12.9. The highest BCUT2D eigenvalue weighted by molar-refractivity contribution is 5.95. The van der Waals surface area contributed by atoms with Gasteiger partial charge in [0.2, 0.25) is 5.91 Å². The highest BCUT2D eigenvalue weighted by Gasteiger charge is 2.45. The number of carbonyl (C=O) groups excluding carboxylic acids is 2. The maximum absolute atomic E-state index is 13.8. The van der Waals surface area contributed by atoms with Crippen molar-refractivity contribution in [1.29, 1.82) is 0 Å². The molecule has 0 saturated heterocycles. The average Bonchev–Trinajstić information content (AvgIpc) is 3.46. The third-order valence-corrected chi connectivity index (χ3v) is 8.08. The summed E-state index contributed by atoms with van der Waals surface area (Å²) in [5.41, 5.74) is 2.36. The number of nitrogens with one attached hydrogen (secondary N) is 1. The second-order valence-electron chi connectivity index (χ2n) is 11.9. The molecule has 1 atom stereocenters. The predicted octanol–water partition coefficient (Wildman–Crippen LogP) is 5.03. The standard InChI is InChI=1S/C28H38N4O2/c1-27(2,3)26(28(4)14-8-9-15-28)30-24(33)22-21-18-31(25(34)20-12-13-20)16-17-32(21)23(29-22)19-10-6-5-7-11-19/h5-7,10-11,20,26H,8-9,12-18H2,1-4H3,(H,30,33). The molecule has 6 nitrogen and oxygen atoms in total. The smallest absolute Gasteiger partial charge is 0.272 e. The Bertz CT molecular complexity index is 1070. The van der Waals surface area contributed by atoms with Crippen molar-refractivity contribution in [2.75, 3.05) is 6.54 Å². The number of benzene rings is 1. The molecule has 1 aromatic heterocycles. The summed E-state index contributed by atoms with van der Waals surface area (Å²) in [4.78, 5) is 33.5. The zero-order chi connectivity index (χ0) is 24.1. The summed E-state index contributed by atoms with van der Waals surface area (Å²) >= 11 is 0. The van der Waals surface area contributed by atoms with Crippen molar-refractivity contribution in [3.05, 3.63) is 41.7 Å². The number of fused-ring (bicyclic) bond motifs is 1. The minimum Gasteiger partial charge on any atom is -0.347 e. The molecule has 1 unspecified atom stereocenters.